The molecule has 0 bridgehead atoms. The lowest BCUT2D eigenvalue weighted by Gasteiger charge is -2.09. The first kappa shape index (κ1) is 18.3. The van der Waals surface area contributed by atoms with Crippen molar-refractivity contribution >= 4 is 28.3 Å². The van der Waals surface area contributed by atoms with E-state index in [-0.39, 0.29) is 18.2 Å². The molecule has 0 atom stereocenters. The summed E-state index contributed by atoms with van der Waals surface area (Å²) in [5, 5.41) is 1.91. The molecule has 0 amide bonds. The first-order valence-electron chi connectivity index (χ1n) is 8.31. The highest BCUT2D eigenvalue weighted by Gasteiger charge is 2.12. The lowest BCUT2D eigenvalue weighted by Crippen LogP contribution is -2.12. The van der Waals surface area contributed by atoms with E-state index in [0.717, 1.165) is 27.6 Å². The SMILES string of the molecule is COC(N)=Nc1c(C)ccc2ccc(CC(=O)c3cnc(OC)cn3)cc12. The summed E-state index contributed by atoms with van der Waals surface area (Å²) >= 11 is 0. The Bertz CT molecular complexity index is 1010. The molecule has 2 aromatic carbocycles. The Kier molecular flexibility index (Phi) is 5.30. The highest BCUT2D eigenvalue weighted by Crippen LogP contribution is 2.31. The zero-order chi connectivity index (χ0) is 19.4. The van der Waals surface area contributed by atoms with Crippen molar-refractivity contribution < 1.29 is 14.3 Å². The molecule has 7 nitrogen and oxygen atoms in total. The largest absolute Gasteiger partial charge is 0.480 e. The van der Waals surface area contributed by atoms with E-state index in [0.29, 0.717) is 11.6 Å². The van der Waals surface area contributed by atoms with E-state index < -0.39 is 0 Å². The number of nitrogens with two attached hydrogens (primary N) is 1. The van der Waals surface area contributed by atoms with Gasteiger partial charge < -0.3 is 15.2 Å². The Hall–Kier alpha value is -3.48. The van der Waals surface area contributed by atoms with Crippen molar-refractivity contribution in [3.63, 3.8) is 0 Å². The molecule has 0 unspecified atom stereocenters. The van der Waals surface area contributed by atoms with Crippen molar-refractivity contribution in [3.05, 3.63) is 59.5 Å². The highest BCUT2D eigenvalue weighted by molar-refractivity contribution is 5.99. The van der Waals surface area contributed by atoms with E-state index in [2.05, 4.69) is 15.0 Å². The van der Waals surface area contributed by atoms with E-state index in [1.807, 2.05) is 37.3 Å². The van der Waals surface area contributed by atoms with Crippen LogP contribution in [0, 0.1) is 6.92 Å². The second-order valence-electron chi connectivity index (χ2n) is 5.98. The molecule has 1 heterocycles. The van der Waals surface area contributed by atoms with E-state index in [1.165, 1.54) is 26.6 Å². The third kappa shape index (κ3) is 4.03. The van der Waals surface area contributed by atoms with Crippen molar-refractivity contribution in [3.8, 4) is 5.88 Å². The summed E-state index contributed by atoms with van der Waals surface area (Å²) in [6.07, 6.45) is 3.05. The normalized spacial score (nSPS) is 11.4. The first-order valence-corrected chi connectivity index (χ1v) is 8.31. The number of hydrogen-bond acceptors (Lipinski definition) is 6. The van der Waals surface area contributed by atoms with Crippen LogP contribution in [0.15, 0.2) is 47.7 Å². The van der Waals surface area contributed by atoms with E-state index in [4.69, 9.17) is 15.2 Å². The van der Waals surface area contributed by atoms with Crippen molar-refractivity contribution in [2.45, 2.75) is 13.3 Å². The molecule has 3 rings (SSSR count). The molecule has 27 heavy (non-hydrogen) atoms. The number of carbonyl (C=O) groups excluding carboxylic acids is 1. The summed E-state index contributed by atoms with van der Waals surface area (Å²) in [4.78, 5) is 25.0. The van der Waals surface area contributed by atoms with Gasteiger partial charge in [0, 0.05) is 11.8 Å². The van der Waals surface area contributed by atoms with Gasteiger partial charge in [0.2, 0.25) is 5.88 Å². The van der Waals surface area contributed by atoms with Gasteiger partial charge in [-0.2, -0.15) is 4.99 Å². The molecule has 1 aromatic heterocycles. The van der Waals surface area contributed by atoms with Crippen LogP contribution in [0.3, 0.4) is 0 Å². The van der Waals surface area contributed by atoms with Crippen molar-refractivity contribution in [1.82, 2.24) is 9.97 Å². The van der Waals surface area contributed by atoms with Gasteiger partial charge in [-0.15, -0.1) is 0 Å². The van der Waals surface area contributed by atoms with Crippen LogP contribution >= 0.6 is 0 Å². The second kappa shape index (κ2) is 7.82. The minimum absolute atomic E-state index is 0.0839. The second-order valence-corrected chi connectivity index (χ2v) is 5.98. The maximum absolute atomic E-state index is 12.5. The molecule has 138 valence electrons. The molecule has 0 saturated carbocycles. The Morgan fingerprint density at radius 3 is 2.59 bits per heavy atom. The number of methoxy groups -OCH3 is 2. The van der Waals surface area contributed by atoms with Crippen LogP contribution in [-0.2, 0) is 11.2 Å². The van der Waals surface area contributed by atoms with E-state index in [9.17, 15) is 4.79 Å². The number of amidine groups is 1. The third-order valence-corrected chi connectivity index (χ3v) is 4.18. The molecule has 0 aliphatic heterocycles. The third-order valence-electron chi connectivity index (χ3n) is 4.18. The van der Waals surface area contributed by atoms with Crippen LogP contribution in [0.1, 0.15) is 21.6 Å². The van der Waals surface area contributed by atoms with Gasteiger partial charge in [-0.1, -0.05) is 24.3 Å². The molecule has 0 spiro atoms. The lowest BCUT2D eigenvalue weighted by atomic mass is 9.99. The Labute approximate surface area is 156 Å². The van der Waals surface area contributed by atoms with Crippen LogP contribution in [0.4, 0.5) is 5.69 Å². The van der Waals surface area contributed by atoms with E-state index in [1.54, 1.807) is 0 Å². The van der Waals surface area contributed by atoms with Gasteiger partial charge in [0.1, 0.15) is 5.69 Å². The fourth-order valence-corrected chi connectivity index (χ4v) is 2.72. The van der Waals surface area contributed by atoms with Crippen LogP contribution in [0.5, 0.6) is 5.88 Å². The summed E-state index contributed by atoms with van der Waals surface area (Å²) < 4.78 is 9.94. The smallest absolute Gasteiger partial charge is 0.286 e. The highest BCUT2D eigenvalue weighted by atomic mass is 16.5. The monoisotopic (exact) mass is 364 g/mol. The first-order chi connectivity index (χ1) is 13.0. The quantitative estimate of drug-likeness (QED) is 0.424. The summed E-state index contributed by atoms with van der Waals surface area (Å²) in [6.45, 7) is 1.95. The fraction of sp³-hybridized carbons (Fsp3) is 0.200. The van der Waals surface area contributed by atoms with Crippen LogP contribution < -0.4 is 10.5 Å². The molecule has 7 heteroatoms. The molecule has 0 saturated heterocycles. The van der Waals surface area contributed by atoms with Gasteiger partial charge in [0.25, 0.3) is 6.02 Å². The van der Waals surface area contributed by atoms with Gasteiger partial charge in [-0.3, -0.25) is 4.79 Å². The number of nitrogens with zero attached hydrogens (tertiary/aromatic N) is 3. The number of ether oxygens (including phenoxy) is 2. The zero-order valence-corrected chi connectivity index (χ0v) is 15.4. The van der Waals surface area contributed by atoms with Gasteiger partial charge >= 0.3 is 0 Å². The van der Waals surface area contributed by atoms with Gasteiger partial charge in [0.05, 0.1) is 32.3 Å². The molecular formula is C20H20N4O3. The Morgan fingerprint density at radius 2 is 1.93 bits per heavy atom. The number of aryl methyl sites for hydroxylation is 1. The van der Waals surface area contributed by atoms with Crippen LogP contribution in [-0.4, -0.2) is 36.0 Å². The maximum Gasteiger partial charge on any atom is 0.286 e. The van der Waals surface area contributed by atoms with Crippen LogP contribution in [0.25, 0.3) is 10.8 Å². The average Bonchev–Trinajstić information content (AvgIpc) is 2.70. The Balaban J connectivity index is 1.95. The number of Topliss-reactive ketones (excluding diaryl/α,β-unsaturated/α-hetero) is 1. The predicted molar refractivity (Wildman–Crippen MR) is 104 cm³/mol. The number of ketones is 1. The number of aromatic nitrogens is 2. The summed E-state index contributed by atoms with van der Waals surface area (Å²) in [7, 11) is 2.97. The Morgan fingerprint density at radius 1 is 1.15 bits per heavy atom. The number of fused-ring (bicyclic) bond motifs is 1. The number of carbonyl (C=O) groups is 1. The molecule has 0 fully saturated rings. The number of benzene rings is 2. The molecule has 3 aromatic rings. The standard InChI is InChI=1S/C20H20N4O3/c1-12-4-6-14-7-5-13(8-15(14)19(12)24-20(21)27-3)9-17(25)16-10-23-18(26-2)11-22-16/h4-8,10-11H,9H2,1-3H3,(H2,21,24). The molecule has 0 radical (unpaired) electrons. The fourth-order valence-electron chi connectivity index (χ4n) is 2.72. The van der Waals surface area contributed by atoms with Crippen molar-refractivity contribution in [2.75, 3.05) is 14.2 Å². The summed E-state index contributed by atoms with van der Waals surface area (Å²) in [5.41, 5.74) is 8.57. The predicted octanol–water partition coefficient (Wildman–Crippen LogP) is 2.96. The van der Waals surface area contributed by atoms with Gasteiger partial charge in [0.15, 0.2) is 5.78 Å². The molecule has 2 N–H and O–H groups in total. The van der Waals surface area contributed by atoms with Crippen molar-refractivity contribution in [1.29, 1.82) is 0 Å². The lowest BCUT2D eigenvalue weighted by molar-refractivity contribution is 0.0987. The number of rotatable bonds is 5. The summed E-state index contributed by atoms with van der Waals surface area (Å²) in [6, 6.07) is 9.88. The van der Waals surface area contributed by atoms with Crippen LogP contribution in [0.2, 0.25) is 0 Å². The summed E-state index contributed by atoms with van der Waals surface area (Å²) in [5.74, 6) is 0.240. The number of hydrogen-bond donors (Lipinski definition) is 1. The number of aliphatic imine (C=N–C) groups is 1. The zero-order valence-electron chi connectivity index (χ0n) is 15.4. The van der Waals surface area contributed by atoms with E-state index >= 15 is 0 Å². The van der Waals surface area contributed by atoms with Crippen molar-refractivity contribution in [2.24, 2.45) is 10.7 Å². The van der Waals surface area contributed by atoms with Gasteiger partial charge in [-0.05, 0) is 29.5 Å². The molecule has 0 aliphatic rings. The molecular weight excluding hydrogens is 344 g/mol. The average molecular weight is 364 g/mol. The minimum atomic E-state index is -0.126. The topological polar surface area (TPSA) is 99.7 Å². The minimum Gasteiger partial charge on any atom is -0.480 e. The maximum atomic E-state index is 12.5. The molecule has 0 aliphatic carbocycles. The van der Waals surface area contributed by atoms with Gasteiger partial charge in [-0.25, -0.2) is 9.97 Å².